The molecule has 5 nitrogen and oxygen atoms in total. The van der Waals surface area contributed by atoms with Crippen LogP contribution in [0.1, 0.15) is 36.7 Å². The highest BCUT2D eigenvalue weighted by Crippen LogP contribution is 2.30. The largest absolute Gasteiger partial charge is 0.466 e. The maximum Gasteiger partial charge on any atom is 0.211 e. The average Bonchev–Trinajstić information content (AvgIpc) is 2.75. The average molecular weight is 287 g/mol. The molecule has 0 bridgehead atoms. The molecule has 0 spiro atoms. The van der Waals surface area contributed by atoms with Crippen LogP contribution in [0.5, 0.6) is 0 Å². The fourth-order valence-electron chi connectivity index (χ4n) is 2.67. The summed E-state index contributed by atoms with van der Waals surface area (Å²) >= 11 is 0. The molecular formula is C13H21NO4S. The lowest BCUT2D eigenvalue weighted by Gasteiger charge is -2.31. The van der Waals surface area contributed by atoms with Crippen LogP contribution in [-0.2, 0) is 10.0 Å². The van der Waals surface area contributed by atoms with E-state index >= 15 is 0 Å². The Balaban J connectivity index is 1.98. The zero-order valence-corrected chi connectivity index (χ0v) is 12.2. The molecule has 6 heteroatoms. The highest BCUT2D eigenvalue weighted by molar-refractivity contribution is 7.88. The van der Waals surface area contributed by atoms with Crippen molar-refractivity contribution in [1.82, 2.24) is 4.31 Å². The van der Waals surface area contributed by atoms with Crippen LogP contribution in [0.2, 0.25) is 0 Å². The van der Waals surface area contributed by atoms with E-state index in [0.717, 1.165) is 18.4 Å². The number of sulfonamides is 1. The summed E-state index contributed by atoms with van der Waals surface area (Å²) in [6.07, 6.45) is 4.49. The van der Waals surface area contributed by atoms with Crippen molar-refractivity contribution in [3.8, 4) is 0 Å². The molecule has 0 saturated carbocycles. The molecule has 1 saturated heterocycles. The van der Waals surface area contributed by atoms with Crippen LogP contribution in [0.3, 0.4) is 0 Å². The zero-order valence-electron chi connectivity index (χ0n) is 11.4. The van der Waals surface area contributed by atoms with Crippen molar-refractivity contribution >= 4 is 10.0 Å². The molecule has 108 valence electrons. The molecule has 0 aromatic carbocycles. The van der Waals surface area contributed by atoms with E-state index < -0.39 is 16.1 Å². The maximum atomic E-state index is 11.5. The first kappa shape index (κ1) is 14.6. The Kier molecular flexibility index (Phi) is 4.32. The lowest BCUT2D eigenvalue weighted by atomic mass is 9.92. The molecule has 1 fully saturated rings. The summed E-state index contributed by atoms with van der Waals surface area (Å²) in [5.74, 6) is 0.777. The fourth-order valence-corrected chi connectivity index (χ4v) is 3.61. The topological polar surface area (TPSA) is 70.8 Å². The van der Waals surface area contributed by atoms with Gasteiger partial charge in [0, 0.05) is 13.1 Å². The van der Waals surface area contributed by atoms with Crippen LogP contribution in [0.15, 0.2) is 16.7 Å². The molecule has 2 heterocycles. The molecule has 1 aromatic rings. The van der Waals surface area contributed by atoms with Crippen molar-refractivity contribution in [3.05, 3.63) is 23.7 Å². The van der Waals surface area contributed by atoms with E-state index in [0.29, 0.717) is 25.3 Å². The minimum Gasteiger partial charge on any atom is -0.466 e. The van der Waals surface area contributed by atoms with Crippen LogP contribution in [-0.4, -0.2) is 37.2 Å². The molecule has 1 aromatic heterocycles. The fraction of sp³-hybridized carbons (Fsp3) is 0.692. The van der Waals surface area contributed by atoms with Gasteiger partial charge < -0.3 is 9.52 Å². The smallest absolute Gasteiger partial charge is 0.211 e. The lowest BCUT2D eigenvalue weighted by molar-refractivity contribution is 0.102. The summed E-state index contributed by atoms with van der Waals surface area (Å²) in [6.45, 7) is 2.98. The van der Waals surface area contributed by atoms with Gasteiger partial charge in [0.2, 0.25) is 10.0 Å². The van der Waals surface area contributed by atoms with Gasteiger partial charge in [0.05, 0.1) is 12.5 Å². The number of furan rings is 1. The van der Waals surface area contributed by atoms with Crippen LogP contribution < -0.4 is 0 Å². The Morgan fingerprint density at radius 1 is 1.58 bits per heavy atom. The van der Waals surface area contributed by atoms with E-state index in [-0.39, 0.29) is 5.92 Å². The predicted molar refractivity (Wildman–Crippen MR) is 72.2 cm³/mol. The first-order valence-corrected chi connectivity index (χ1v) is 8.40. The molecule has 2 rings (SSSR count). The normalized spacial score (nSPS) is 23.4. The van der Waals surface area contributed by atoms with Gasteiger partial charge in [-0.25, -0.2) is 12.7 Å². The third kappa shape index (κ3) is 3.58. The summed E-state index contributed by atoms with van der Waals surface area (Å²) in [7, 11) is -3.13. The van der Waals surface area contributed by atoms with Gasteiger partial charge in [-0.1, -0.05) is 0 Å². The molecule has 2 atom stereocenters. The van der Waals surface area contributed by atoms with Crippen molar-refractivity contribution in [2.75, 3.05) is 19.3 Å². The van der Waals surface area contributed by atoms with Gasteiger partial charge in [0.25, 0.3) is 0 Å². The number of hydrogen-bond donors (Lipinski definition) is 1. The van der Waals surface area contributed by atoms with Gasteiger partial charge in [-0.2, -0.15) is 0 Å². The molecule has 0 radical (unpaired) electrons. The van der Waals surface area contributed by atoms with E-state index in [2.05, 4.69) is 0 Å². The highest BCUT2D eigenvalue weighted by Gasteiger charge is 2.28. The van der Waals surface area contributed by atoms with Crippen molar-refractivity contribution in [2.24, 2.45) is 5.92 Å². The first-order valence-electron chi connectivity index (χ1n) is 6.55. The van der Waals surface area contributed by atoms with Crippen LogP contribution in [0, 0.1) is 12.8 Å². The van der Waals surface area contributed by atoms with Crippen molar-refractivity contribution in [2.45, 2.75) is 32.3 Å². The third-order valence-electron chi connectivity index (χ3n) is 3.71. The molecule has 1 aliphatic rings. The predicted octanol–water partition coefficient (Wildman–Crippen LogP) is 1.68. The molecule has 19 heavy (non-hydrogen) atoms. The third-order valence-corrected chi connectivity index (χ3v) is 4.98. The SMILES string of the molecule is Cc1ccoc1C(O)CC1CCCN(S(C)(=O)=O)C1. The number of aryl methyl sites for hydroxylation is 1. The van der Waals surface area contributed by atoms with E-state index in [4.69, 9.17) is 4.42 Å². The second-order valence-corrected chi connectivity index (χ2v) is 7.33. The van der Waals surface area contributed by atoms with Crippen LogP contribution >= 0.6 is 0 Å². The Morgan fingerprint density at radius 3 is 2.89 bits per heavy atom. The van der Waals surface area contributed by atoms with E-state index in [9.17, 15) is 13.5 Å². The second kappa shape index (κ2) is 5.64. The highest BCUT2D eigenvalue weighted by atomic mass is 32.2. The van der Waals surface area contributed by atoms with Gasteiger partial charge in [0.1, 0.15) is 11.9 Å². The van der Waals surface area contributed by atoms with Gasteiger partial charge >= 0.3 is 0 Å². The summed E-state index contributed by atoms with van der Waals surface area (Å²) in [5, 5.41) is 10.2. The van der Waals surface area contributed by atoms with Gasteiger partial charge in [-0.05, 0) is 43.7 Å². The number of aliphatic hydroxyl groups excluding tert-OH is 1. The molecule has 1 N–H and O–H groups in total. The summed E-state index contributed by atoms with van der Waals surface area (Å²) in [5.41, 5.74) is 0.934. The number of aliphatic hydroxyl groups is 1. The number of nitrogens with zero attached hydrogens (tertiary/aromatic N) is 1. The van der Waals surface area contributed by atoms with Crippen molar-refractivity contribution < 1.29 is 17.9 Å². The standard InChI is InChI=1S/C13H21NO4S/c1-10-5-7-18-13(10)12(15)8-11-4-3-6-14(9-11)19(2,16)17/h5,7,11-12,15H,3-4,6,8-9H2,1-2H3. The van der Waals surface area contributed by atoms with Gasteiger partial charge in [0.15, 0.2) is 0 Å². The van der Waals surface area contributed by atoms with Crippen LogP contribution in [0.4, 0.5) is 0 Å². The van der Waals surface area contributed by atoms with E-state index in [1.165, 1.54) is 10.6 Å². The Hall–Kier alpha value is -0.850. The summed E-state index contributed by atoms with van der Waals surface area (Å²) in [4.78, 5) is 0. The van der Waals surface area contributed by atoms with E-state index in [1.54, 1.807) is 6.26 Å². The summed E-state index contributed by atoms with van der Waals surface area (Å²) < 4.78 is 29.9. The molecule has 1 aliphatic heterocycles. The summed E-state index contributed by atoms with van der Waals surface area (Å²) in [6, 6.07) is 1.82. The number of piperidine rings is 1. The first-order chi connectivity index (χ1) is 8.88. The zero-order chi connectivity index (χ0) is 14.0. The van der Waals surface area contributed by atoms with E-state index in [1.807, 2.05) is 13.0 Å². The number of rotatable bonds is 4. The van der Waals surface area contributed by atoms with Crippen molar-refractivity contribution in [1.29, 1.82) is 0 Å². The number of hydrogen-bond acceptors (Lipinski definition) is 4. The van der Waals surface area contributed by atoms with Crippen LogP contribution in [0.25, 0.3) is 0 Å². The maximum absolute atomic E-state index is 11.5. The Morgan fingerprint density at radius 2 is 2.32 bits per heavy atom. The monoisotopic (exact) mass is 287 g/mol. The molecular weight excluding hydrogens is 266 g/mol. The van der Waals surface area contributed by atoms with Crippen molar-refractivity contribution in [3.63, 3.8) is 0 Å². The second-order valence-electron chi connectivity index (χ2n) is 5.35. The quantitative estimate of drug-likeness (QED) is 0.914. The molecule has 2 unspecified atom stereocenters. The molecule has 0 amide bonds. The minimum absolute atomic E-state index is 0.183. The molecule has 0 aliphatic carbocycles. The Labute approximate surface area is 114 Å². The minimum atomic E-state index is -3.13. The van der Waals surface area contributed by atoms with Gasteiger partial charge in [-0.15, -0.1) is 0 Å². The van der Waals surface area contributed by atoms with Gasteiger partial charge in [-0.3, -0.25) is 0 Å². The Bertz CT molecular complexity index is 523. The lowest BCUT2D eigenvalue weighted by Crippen LogP contribution is -2.39.